The molecule has 2 heterocycles. The van der Waals surface area contributed by atoms with Crippen molar-refractivity contribution in [1.29, 1.82) is 0 Å². The lowest BCUT2D eigenvalue weighted by molar-refractivity contribution is 0.0697. The van der Waals surface area contributed by atoms with Crippen LogP contribution >= 0.6 is 0 Å². The number of carboxylic acid groups (broad SMARTS) is 1. The van der Waals surface area contributed by atoms with Crippen molar-refractivity contribution in [3.05, 3.63) is 35.8 Å². The number of nitrogens with zero attached hydrogens (tertiary/aromatic N) is 2. The number of rotatable bonds is 1. The highest BCUT2D eigenvalue weighted by Crippen LogP contribution is 2.08. The third kappa shape index (κ3) is 2.15. The van der Waals surface area contributed by atoms with Gasteiger partial charge >= 0.3 is 5.97 Å². The van der Waals surface area contributed by atoms with Crippen LogP contribution in [0.4, 0.5) is 0 Å². The number of pyridine rings is 1. The molecule has 0 saturated heterocycles. The lowest BCUT2D eigenvalue weighted by atomic mass is 10.3. The molecule has 2 aromatic heterocycles. The third-order valence-electron chi connectivity index (χ3n) is 1.95. The van der Waals surface area contributed by atoms with E-state index in [-0.39, 0.29) is 5.56 Å². The first-order valence-electron chi connectivity index (χ1n) is 4.85. The molecule has 0 aromatic carbocycles. The molecule has 15 heavy (non-hydrogen) atoms. The topological polar surface area (TPSA) is 54.6 Å². The Morgan fingerprint density at radius 1 is 1.47 bits per heavy atom. The molecular formula is C11H14N2O2. The molecule has 0 radical (unpaired) electrons. The summed E-state index contributed by atoms with van der Waals surface area (Å²) in [6.07, 6.45) is 3.42. The van der Waals surface area contributed by atoms with Gasteiger partial charge in [0.1, 0.15) is 5.65 Å². The van der Waals surface area contributed by atoms with Gasteiger partial charge in [0, 0.05) is 18.1 Å². The van der Waals surface area contributed by atoms with Gasteiger partial charge in [-0.2, -0.15) is 0 Å². The molecule has 0 spiro atoms. The molecule has 4 nitrogen and oxygen atoms in total. The van der Waals surface area contributed by atoms with E-state index in [1.165, 1.54) is 0 Å². The second-order valence-corrected chi connectivity index (χ2v) is 2.85. The van der Waals surface area contributed by atoms with Gasteiger partial charge in [0.2, 0.25) is 0 Å². The summed E-state index contributed by atoms with van der Waals surface area (Å²) in [6, 6.07) is 3.11. The van der Waals surface area contributed by atoms with E-state index in [4.69, 9.17) is 5.11 Å². The first-order valence-corrected chi connectivity index (χ1v) is 4.85. The Hall–Kier alpha value is -1.84. The number of hydrogen-bond donors (Lipinski definition) is 1. The predicted octanol–water partition coefficient (Wildman–Crippen LogP) is 2.37. The molecule has 0 saturated carbocycles. The number of fused-ring (bicyclic) bond motifs is 1. The molecule has 2 rings (SSSR count). The maximum absolute atomic E-state index is 10.6. The van der Waals surface area contributed by atoms with Crippen molar-refractivity contribution in [2.24, 2.45) is 0 Å². The maximum Gasteiger partial charge on any atom is 0.335 e. The van der Waals surface area contributed by atoms with Gasteiger partial charge in [0.05, 0.1) is 5.56 Å². The van der Waals surface area contributed by atoms with Crippen molar-refractivity contribution in [3.63, 3.8) is 0 Å². The van der Waals surface area contributed by atoms with Gasteiger partial charge in [-0.05, 0) is 19.1 Å². The van der Waals surface area contributed by atoms with Crippen LogP contribution in [0.2, 0.25) is 0 Å². The van der Waals surface area contributed by atoms with Crippen LogP contribution < -0.4 is 0 Å². The fraction of sp³-hybridized carbons (Fsp3) is 0.273. The first-order chi connectivity index (χ1) is 7.18. The van der Waals surface area contributed by atoms with E-state index >= 15 is 0 Å². The molecule has 80 valence electrons. The predicted molar refractivity (Wildman–Crippen MR) is 58.2 cm³/mol. The minimum atomic E-state index is -0.928. The van der Waals surface area contributed by atoms with Gasteiger partial charge < -0.3 is 9.51 Å². The average Bonchev–Trinajstić information content (AvgIpc) is 2.63. The van der Waals surface area contributed by atoms with Crippen LogP contribution in [-0.2, 0) is 0 Å². The van der Waals surface area contributed by atoms with Gasteiger partial charge in [-0.1, -0.05) is 13.8 Å². The molecule has 0 aliphatic carbocycles. The summed E-state index contributed by atoms with van der Waals surface area (Å²) in [7, 11) is 0. The highest BCUT2D eigenvalue weighted by molar-refractivity contribution is 5.88. The lowest BCUT2D eigenvalue weighted by Gasteiger charge is -1.97. The minimum Gasteiger partial charge on any atom is -0.478 e. The zero-order valence-electron chi connectivity index (χ0n) is 9.06. The Kier molecular flexibility index (Phi) is 3.44. The maximum atomic E-state index is 10.6. The van der Waals surface area contributed by atoms with Gasteiger partial charge in [-0.3, -0.25) is 0 Å². The van der Waals surface area contributed by atoms with Crippen LogP contribution in [0.25, 0.3) is 5.65 Å². The van der Waals surface area contributed by atoms with Gasteiger partial charge in [0.15, 0.2) is 0 Å². The van der Waals surface area contributed by atoms with Crippen molar-refractivity contribution >= 4 is 11.6 Å². The Balaban J connectivity index is 0.000000531. The van der Waals surface area contributed by atoms with Crippen molar-refractivity contribution in [3.8, 4) is 0 Å². The normalized spacial score (nSPS) is 9.53. The Morgan fingerprint density at radius 2 is 2.13 bits per heavy atom. The van der Waals surface area contributed by atoms with E-state index < -0.39 is 5.97 Å². The number of imidazole rings is 1. The molecule has 0 amide bonds. The molecule has 1 N–H and O–H groups in total. The summed E-state index contributed by atoms with van der Waals surface area (Å²) >= 11 is 0. The fourth-order valence-electron chi connectivity index (χ4n) is 1.24. The molecule has 0 unspecified atom stereocenters. The SMILES string of the molecule is CC.Cc1cnc2cc(C(=O)O)ccn12. The number of aromatic carboxylic acids is 1. The second-order valence-electron chi connectivity index (χ2n) is 2.85. The zero-order valence-corrected chi connectivity index (χ0v) is 9.06. The fourth-order valence-corrected chi connectivity index (χ4v) is 1.24. The Bertz CT molecular complexity index is 474. The van der Waals surface area contributed by atoms with E-state index in [9.17, 15) is 4.79 Å². The van der Waals surface area contributed by atoms with Crippen LogP contribution in [0, 0.1) is 6.92 Å². The summed E-state index contributed by atoms with van der Waals surface area (Å²) in [5.41, 5.74) is 1.92. The average molecular weight is 206 g/mol. The molecule has 0 fully saturated rings. The number of hydrogen-bond acceptors (Lipinski definition) is 2. The Labute approximate surface area is 88.2 Å². The first kappa shape index (κ1) is 11.2. The van der Waals surface area contributed by atoms with Crippen LogP contribution in [0.1, 0.15) is 29.9 Å². The summed E-state index contributed by atoms with van der Waals surface area (Å²) in [5, 5.41) is 8.71. The van der Waals surface area contributed by atoms with E-state index in [1.54, 1.807) is 24.5 Å². The summed E-state index contributed by atoms with van der Waals surface area (Å²) < 4.78 is 1.84. The van der Waals surface area contributed by atoms with Crippen LogP contribution in [-0.4, -0.2) is 20.5 Å². The number of aromatic nitrogens is 2. The quantitative estimate of drug-likeness (QED) is 0.779. The van der Waals surface area contributed by atoms with Gasteiger partial charge in [-0.25, -0.2) is 9.78 Å². The van der Waals surface area contributed by atoms with Crippen LogP contribution in [0.5, 0.6) is 0 Å². The van der Waals surface area contributed by atoms with Crippen LogP contribution in [0.3, 0.4) is 0 Å². The van der Waals surface area contributed by atoms with E-state index in [2.05, 4.69) is 4.98 Å². The molecule has 0 aliphatic rings. The Morgan fingerprint density at radius 3 is 2.73 bits per heavy atom. The summed E-state index contributed by atoms with van der Waals surface area (Å²) in [6.45, 7) is 5.92. The highest BCUT2D eigenvalue weighted by atomic mass is 16.4. The molecule has 0 aliphatic heterocycles. The van der Waals surface area contributed by atoms with E-state index in [0.29, 0.717) is 5.65 Å². The summed E-state index contributed by atoms with van der Waals surface area (Å²) in [5.74, 6) is -0.928. The minimum absolute atomic E-state index is 0.262. The van der Waals surface area contributed by atoms with Crippen molar-refractivity contribution in [2.75, 3.05) is 0 Å². The molecule has 2 aromatic rings. The van der Waals surface area contributed by atoms with Crippen LogP contribution in [0.15, 0.2) is 24.5 Å². The molecule has 4 heteroatoms. The van der Waals surface area contributed by atoms with E-state index in [1.807, 2.05) is 25.2 Å². The van der Waals surface area contributed by atoms with Gasteiger partial charge in [-0.15, -0.1) is 0 Å². The number of carbonyl (C=O) groups is 1. The lowest BCUT2D eigenvalue weighted by Crippen LogP contribution is -1.97. The van der Waals surface area contributed by atoms with Gasteiger partial charge in [0.25, 0.3) is 0 Å². The standard InChI is InChI=1S/C9H8N2O2.C2H6/c1-6-5-10-8-4-7(9(12)13)2-3-11(6)8;1-2/h2-5H,1H3,(H,12,13);1-2H3. The molecule has 0 bridgehead atoms. The molecule has 0 atom stereocenters. The number of carboxylic acids is 1. The third-order valence-corrected chi connectivity index (χ3v) is 1.95. The summed E-state index contributed by atoms with van der Waals surface area (Å²) in [4.78, 5) is 14.7. The monoisotopic (exact) mass is 206 g/mol. The van der Waals surface area contributed by atoms with Crippen molar-refractivity contribution in [2.45, 2.75) is 20.8 Å². The van der Waals surface area contributed by atoms with Crippen molar-refractivity contribution < 1.29 is 9.90 Å². The van der Waals surface area contributed by atoms with Crippen molar-refractivity contribution in [1.82, 2.24) is 9.38 Å². The molecular weight excluding hydrogens is 192 g/mol. The van der Waals surface area contributed by atoms with E-state index in [0.717, 1.165) is 5.69 Å². The highest BCUT2D eigenvalue weighted by Gasteiger charge is 2.04. The largest absolute Gasteiger partial charge is 0.478 e. The smallest absolute Gasteiger partial charge is 0.335 e. The number of aryl methyl sites for hydroxylation is 1. The second kappa shape index (κ2) is 4.59. The zero-order chi connectivity index (χ0) is 11.4.